The van der Waals surface area contributed by atoms with Crippen molar-refractivity contribution in [3.63, 3.8) is 0 Å². The molecule has 1 atom stereocenters. The van der Waals surface area contributed by atoms with Crippen molar-refractivity contribution in [2.75, 3.05) is 11.9 Å². The molecule has 0 saturated carbocycles. The van der Waals surface area contributed by atoms with Crippen molar-refractivity contribution < 1.29 is 9.59 Å². The van der Waals surface area contributed by atoms with Gasteiger partial charge in [0.15, 0.2) is 0 Å². The molecule has 0 radical (unpaired) electrons. The first-order chi connectivity index (χ1) is 11.6. The van der Waals surface area contributed by atoms with Crippen LogP contribution in [0.2, 0.25) is 0 Å². The number of rotatable bonds is 4. The van der Waals surface area contributed by atoms with Gasteiger partial charge >= 0.3 is 0 Å². The van der Waals surface area contributed by atoms with Gasteiger partial charge in [0.2, 0.25) is 5.91 Å². The Morgan fingerprint density at radius 3 is 2.67 bits per heavy atom. The fourth-order valence-corrected chi connectivity index (χ4v) is 3.30. The Hall–Kier alpha value is -2.62. The predicted molar refractivity (Wildman–Crippen MR) is 95.0 cm³/mol. The lowest BCUT2D eigenvalue weighted by Gasteiger charge is -2.25. The van der Waals surface area contributed by atoms with Crippen molar-refractivity contribution in [2.45, 2.75) is 32.2 Å². The van der Waals surface area contributed by atoms with Crippen molar-refractivity contribution in [3.8, 4) is 0 Å². The zero-order valence-corrected chi connectivity index (χ0v) is 13.9. The molecule has 1 unspecified atom stereocenters. The summed E-state index contributed by atoms with van der Waals surface area (Å²) in [5, 5.41) is 2.73. The van der Waals surface area contributed by atoms with Crippen LogP contribution in [0.4, 0.5) is 5.69 Å². The highest BCUT2D eigenvalue weighted by Gasteiger charge is 2.29. The van der Waals surface area contributed by atoms with Crippen LogP contribution in [0.15, 0.2) is 54.6 Å². The molecule has 1 N–H and O–H groups in total. The van der Waals surface area contributed by atoms with Gasteiger partial charge in [-0.05, 0) is 43.0 Å². The summed E-state index contributed by atoms with van der Waals surface area (Å²) in [5.74, 6) is -0.0941. The summed E-state index contributed by atoms with van der Waals surface area (Å²) in [5.41, 5.74) is 2.54. The Morgan fingerprint density at radius 2 is 1.92 bits per heavy atom. The van der Waals surface area contributed by atoms with E-state index in [1.54, 1.807) is 18.2 Å². The molecule has 124 valence electrons. The molecule has 1 fully saturated rings. The standard InChI is InChI=1S/C20H22N2O2/c1-15(23)21-18-10-5-9-17(14-18)20(24)22-12-6-11-19(22)13-16-7-3-2-4-8-16/h2-5,7-10,14,19H,6,11-13H2,1H3,(H,21,23). The molecule has 0 aliphatic carbocycles. The van der Waals surface area contributed by atoms with E-state index in [2.05, 4.69) is 17.4 Å². The lowest BCUT2D eigenvalue weighted by Crippen LogP contribution is -2.36. The highest BCUT2D eigenvalue weighted by Crippen LogP contribution is 2.24. The number of hydrogen-bond donors (Lipinski definition) is 1. The number of hydrogen-bond acceptors (Lipinski definition) is 2. The first kappa shape index (κ1) is 16.2. The lowest BCUT2D eigenvalue weighted by molar-refractivity contribution is -0.114. The molecule has 2 amide bonds. The Labute approximate surface area is 142 Å². The van der Waals surface area contributed by atoms with Crippen molar-refractivity contribution >= 4 is 17.5 Å². The fraction of sp³-hybridized carbons (Fsp3) is 0.300. The summed E-state index contributed by atoms with van der Waals surface area (Å²) < 4.78 is 0. The van der Waals surface area contributed by atoms with Gasteiger partial charge in [0.1, 0.15) is 0 Å². The average molecular weight is 322 g/mol. The third kappa shape index (κ3) is 3.82. The largest absolute Gasteiger partial charge is 0.335 e. The van der Waals surface area contributed by atoms with E-state index in [4.69, 9.17) is 0 Å². The van der Waals surface area contributed by atoms with Crippen LogP contribution in [0.1, 0.15) is 35.7 Å². The molecule has 3 rings (SSSR count). The number of anilines is 1. The molecular weight excluding hydrogens is 300 g/mol. The number of carbonyl (C=O) groups is 2. The van der Waals surface area contributed by atoms with Crippen molar-refractivity contribution in [1.82, 2.24) is 4.90 Å². The molecular formula is C20H22N2O2. The van der Waals surface area contributed by atoms with Gasteiger partial charge in [0.05, 0.1) is 0 Å². The van der Waals surface area contributed by atoms with E-state index in [-0.39, 0.29) is 17.9 Å². The first-order valence-corrected chi connectivity index (χ1v) is 8.36. The minimum Gasteiger partial charge on any atom is -0.335 e. The second-order valence-corrected chi connectivity index (χ2v) is 6.25. The van der Waals surface area contributed by atoms with Gasteiger partial charge in [-0.15, -0.1) is 0 Å². The highest BCUT2D eigenvalue weighted by molar-refractivity contribution is 5.97. The van der Waals surface area contributed by atoms with Crippen LogP contribution in [0.3, 0.4) is 0 Å². The number of carbonyl (C=O) groups excluding carboxylic acids is 2. The van der Waals surface area contributed by atoms with Crippen LogP contribution >= 0.6 is 0 Å². The molecule has 0 aromatic heterocycles. The first-order valence-electron chi connectivity index (χ1n) is 8.36. The summed E-state index contributed by atoms with van der Waals surface area (Å²) >= 11 is 0. The van der Waals surface area contributed by atoms with Gasteiger partial charge in [-0.3, -0.25) is 9.59 Å². The lowest BCUT2D eigenvalue weighted by atomic mass is 10.0. The minimum absolute atomic E-state index is 0.0423. The topological polar surface area (TPSA) is 49.4 Å². The van der Waals surface area contributed by atoms with Crippen molar-refractivity contribution in [2.24, 2.45) is 0 Å². The maximum Gasteiger partial charge on any atom is 0.254 e. The summed E-state index contributed by atoms with van der Waals surface area (Å²) in [4.78, 5) is 26.1. The zero-order valence-electron chi connectivity index (χ0n) is 13.9. The summed E-state index contributed by atoms with van der Waals surface area (Å²) in [6.07, 6.45) is 2.96. The third-order valence-corrected chi connectivity index (χ3v) is 4.38. The molecule has 24 heavy (non-hydrogen) atoms. The average Bonchev–Trinajstić information content (AvgIpc) is 3.03. The number of benzene rings is 2. The molecule has 1 heterocycles. The van der Waals surface area contributed by atoms with Crippen LogP contribution in [0, 0.1) is 0 Å². The second-order valence-electron chi connectivity index (χ2n) is 6.25. The van der Waals surface area contributed by atoms with Crippen molar-refractivity contribution in [3.05, 3.63) is 65.7 Å². The van der Waals surface area contributed by atoms with Gasteiger partial charge in [-0.25, -0.2) is 0 Å². The molecule has 1 saturated heterocycles. The SMILES string of the molecule is CC(=O)Nc1cccc(C(=O)N2CCCC2Cc2ccccc2)c1. The van der Waals surface area contributed by atoms with E-state index in [1.165, 1.54) is 12.5 Å². The zero-order chi connectivity index (χ0) is 16.9. The second kappa shape index (κ2) is 7.30. The maximum absolute atomic E-state index is 12.9. The van der Waals surface area contributed by atoms with Gasteiger partial charge < -0.3 is 10.2 Å². The van der Waals surface area contributed by atoms with E-state index in [0.717, 1.165) is 25.8 Å². The molecule has 1 aliphatic rings. The van der Waals surface area contributed by atoms with Gasteiger partial charge in [-0.1, -0.05) is 36.4 Å². The monoisotopic (exact) mass is 322 g/mol. The Morgan fingerprint density at radius 1 is 1.12 bits per heavy atom. The number of nitrogens with one attached hydrogen (secondary N) is 1. The molecule has 0 bridgehead atoms. The van der Waals surface area contributed by atoms with Crippen LogP contribution < -0.4 is 5.32 Å². The third-order valence-electron chi connectivity index (χ3n) is 4.38. The van der Waals surface area contributed by atoms with Crippen LogP contribution in [0.5, 0.6) is 0 Å². The number of nitrogens with zero attached hydrogens (tertiary/aromatic N) is 1. The van der Waals surface area contributed by atoms with E-state index >= 15 is 0 Å². The van der Waals surface area contributed by atoms with Gasteiger partial charge in [0, 0.05) is 30.8 Å². The normalized spacial score (nSPS) is 16.9. The molecule has 4 heteroatoms. The summed E-state index contributed by atoms with van der Waals surface area (Å²) in [7, 11) is 0. The number of amides is 2. The van der Waals surface area contributed by atoms with E-state index < -0.39 is 0 Å². The molecule has 2 aromatic rings. The molecule has 0 spiro atoms. The minimum atomic E-state index is -0.136. The fourth-order valence-electron chi connectivity index (χ4n) is 3.30. The summed E-state index contributed by atoms with van der Waals surface area (Å²) in [6, 6.07) is 17.7. The van der Waals surface area contributed by atoms with Crippen LogP contribution in [0.25, 0.3) is 0 Å². The Kier molecular flexibility index (Phi) is 4.94. The van der Waals surface area contributed by atoms with Gasteiger partial charge in [-0.2, -0.15) is 0 Å². The van der Waals surface area contributed by atoms with Gasteiger partial charge in [0.25, 0.3) is 5.91 Å². The molecule has 1 aliphatic heterocycles. The van der Waals surface area contributed by atoms with Crippen LogP contribution in [-0.2, 0) is 11.2 Å². The van der Waals surface area contributed by atoms with E-state index in [0.29, 0.717) is 11.3 Å². The smallest absolute Gasteiger partial charge is 0.254 e. The summed E-state index contributed by atoms with van der Waals surface area (Å²) in [6.45, 7) is 2.26. The molecule has 4 nitrogen and oxygen atoms in total. The molecule has 2 aromatic carbocycles. The Bertz CT molecular complexity index is 727. The van der Waals surface area contributed by atoms with E-state index in [1.807, 2.05) is 29.2 Å². The Balaban J connectivity index is 1.75. The number of likely N-dealkylation sites (tertiary alicyclic amines) is 1. The van der Waals surface area contributed by atoms with E-state index in [9.17, 15) is 9.59 Å². The predicted octanol–water partition coefficient (Wildman–Crippen LogP) is 3.49. The quantitative estimate of drug-likeness (QED) is 0.936. The highest BCUT2D eigenvalue weighted by atomic mass is 16.2. The van der Waals surface area contributed by atoms with Crippen LogP contribution in [-0.4, -0.2) is 29.3 Å². The van der Waals surface area contributed by atoms with Crippen molar-refractivity contribution in [1.29, 1.82) is 0 Å². The maximum atomic E-state index is 12.9.